The largest absolute Gasteiger partial charge is 0.573 e. The molecule has 0 aliphatic carbocycles. The van der Waals surface area contributed by atoms with Crippen molar-refractivity contribution < 1.29 is 22.6 Å². The lowest BCUT2D eigenvalue weighted by Crippen LogP contribution is -2.16. The number of alkyl halides is 3. The van der Waals surface area contributed by atoms with E-state index in [0.29, 0.717) is 23.1 Å². The molecule has 2 aromatic rings. The van der Waals surface area contributed by atoms with E-state index in [1.54, 1.807) is 20.2 Å². The number of nitrogens with zero attached hydrogens (tertiary/aromatic N) is 2. The molecule has 1 aromatic heterocycles. The molecule has 0 radical (unpaired) electrons. The van der Waals surface area contributed by atoms with Gasteiger partial charge in [0.2, 0.25) is 11.8 Å². The van der Waals surface area contributed by atoms with Crippen molar-refractivity contribution in [3.63, 3.8) is 0 Å². The Morgan fingerprint density at radius 2 is 1.71 bits per heavy atom. The van der Waals surface area contributed by atoms with Crippen molar-refractivity contribution in [1.29, 1.82) is 0 Å². The lowest BCUT2D eigenvalue weighted by Gasteiger charge is -2.11. The summed E-state index contributed by atoms with van der Waals surface area (Å²) < 4.78 is 45.4. The summed E-state index contributed by atoms with van der Waals surface area (Å²) in [4.78, 5) is 8.12. The van der Waals surface area contributed by atoms with Gasteiger partial charge in [-0.05, 0) is 31.2 Å². The number of nitrogens with one attached hydrogen (secondary N) is 1. The first-order chi connectivity index (χ1) is 9.87. The molecule has 0 spiro atoms. The first-order valence-corrected chi connectivity index (χ1v) is 5.92. The molecule has 0 aliphatic heterocycles. The smallest absolute Gasteiger partial charge is 0.439 e. The van der Waals surface area contributed by atoms with Crippen LogP contribution in [0.3, 0.4) is 0 Å². The first-order valence-electron chi connectivity index (χ1n) is 5.92. The molecule has 8 heteroatoms. The van der Waals surface area contributed by atoms with Gasteiger partial charge in [-0.25, -0.2) is 4.98 Å². The quantitative estimate of drug-likeness (QED) is 0.936. The maximum atomic E-state index is 12.0. The molecule has 0 unspecified atom stereocenters. The highest BCUT2D eigenvalue weighted by Gasteiger charge is 2.30. The topological polar surface area (TPSA) is 56.3 Å². The van der Waals surface area contributed by atoms with E-state index in [1.807, 2.05) is 0 Å². The number of hydrogen-bond donors (Lipinski definition) is 1. The number of rotatable bonds is 4. The predicted molar refractivity (Wildman–Crippen MR) is 69.5 cm³/mol. The summed E-state index contributed by atoms with van der Waals surface area (Å²) in [5.74, 6) is 0.727. The van der Waals surface area contributed by atoms with Crippen LogP contribution in [0.1, 0.15) is 5.56 Å². The number of benzene rings is 1. The van der Waals surface area contributed by atoms with Crippen molar-refractivity contribution in [2.75, 3.05) is 12.4 Å². The summed E-state index contributed by atoms with van der Waals surface area (Å²) in [7, 11) is 1.66. The summed E-state index contributed by atoms with van der Waals surface area (Å²) in [6.07, 6.45) is -3.14. The van der Waals surface area contributed by atoms with Crippen LogP contribution in [0, 0.1) is 6.92 Å². The molecule has 0 atom stereocenters. The lowest BCUT2D eigenvalue weighted by molar-refractivity contribution is -0.274. The number of aryl methyl sites for hydroxylation is 1. The molecule has 0 amide bonds. The molecule has 0 fully saturated rings. The molecular formula is C13H12F3N3O2. The van der Waals surface area contributed by atoms with Gasteiger partial charge in [0.15, 0.2) is 0 Å². The van der Waals surface area contributed by atoms with Gasteiger partial charge in [0.1, 0.15) is 11.5 Å². The number of hydrogen-bond acceptors (Lipinski definition) is 5. The van der Waals surface area contributed by atoms with E-state index in [4.69, 9.17) is 4.74 Å². The molecular weight excluding hydrogens is 287 g/mol. The number of ether oxygens (including phenoxy) is 2. The van der Waals surface area contributed by atoms with Crippen molar-refractivity contribution in [3.05, 3.63) is 36.0 Å². The van der Waals surface area contributed by atoms with Gasteiger partial charge in [-0.3, -0.25) is 0 Å². The Kier molecular flexibility index (Phi) is 4.15. The van der Waals surface area contributed by atoms with Crippen LogP contribution >= 0.6 is 0 Å². The van der Waals surface area contributed by atoms with E-state index in [0.717, 1.165) is 0 Å². The SMILES string of the molecule is CNc1ncc(C)c(Oc2ccc(OC(F)(F)F)cc2)n1. The Morgan fingerprint density at radius 1 is 1.10 bits per heavy atom. The molecule has 21 heavy (non-hydrogen) atoms. The van der Waals surface area contributed by atoms with Gasteiger partial charge in [0.05, 0.1) is 0 Å². The maximum absolute atomic E-state index is 12.0. The van der Waals surface area contributed by atoms with Gasteiger partial charge in [-0.1, -0.05) is 0 Å². The van der Waals surface area contributed by atoms with Gasteiger partial charge in [0, 0.05) is 18.8 Å². The van der Waals surface area contributed by atoms with Gasteiger partial charge in [0.25, 0.3) is 0 Å². The van der Waals surface area contributed by atoms with Gasteiger partial charge in [-0.2, -0.15) is 4.98 Å². The fourth-order valence-electron chi connectivity index (χ4n) is 1.47. The van der Waals surface area contributed by atoms with Crippen molar-refractivity contribution in [2.45, 2.75) is 13.3 Å². The molecule has 5 nitrogen and oxygen atoms in total. The van der Waals surface area contributed by atoms with E-state index >= 15 is 0 Å². The number of aromatic nitrogens is 2. The number of halogens is 3. The highest BCUT2D eigenvalue weighted by Crippen LogP contribution is 2.27. The van der Waals surface area contributed by atoms with E-state index < -0.39 is 6.36 Å². The second-order valence-electron chi connectivity index (χ2n) is 4.05. The Labute approximate surface area is 118 Å². The molecule has 1 aromatic carbocycles. The highest BCUT2D eigenvalue weighted by atomic mass is 19.4. The van der Waals surface area contributed by atoms with Crippen molar-refractivity contribution in [1.82, 2.24) is 9.97 Å². The van der Waals surface area contributed by atoms with Crippen LogP contribution in [0.25, 0.3) is 0 Å². The van der Waals surface area contributed by atoms with E-state index in [1.165, 1.54) is 24.3 Å². The summed E-state index contributed by atoms with van der Waals surface area (Å²) in [6, 6.07) is 5.06. The zero-order valence-corrected chi connectivity index (χ0v) is 11.2. The van der Waals surface area contributed by atoms with E-state index in [-0.39, 0.29) is 5.75 Å². The molecule has 1 N–H and O–H groups in total. The van der Waals surface area contributed by atoms with Crippen molar-refractivity contribution in [3.8, 4) is 17.4 Å². The monoisotopic (exact) mass is 299 g/mol. The Bertz CT molecular complexity index is 615. The van der Waals surface area contributed by atoms with E-state index in [2.05, 4.69) is 20.0 Å². The molecule has 0 aliphatic rings. The third-order valence-electron chi connectivity index (χ3n) is 2.42. The van der Waals surface area contributed by atoms with Gasteiger partial charge >= 0.3 is 6.36 Å². The molecule has 0 bridgehead atoms. The minimum atomic E-state index is -4.71. The minimum Gasteiger partial charge on any atom is -0.439 e. The summed E-state index contributed by atoms with van der Waals surface area (Å²) in [5.41, 5.74) is 0.699. The van der Waals surface area contributed by atoms with Crippen LogP contribution in [0.4, 0.5) is 19.1 Å². The van der Waals surface area contributed by atoms with E-state index in [9.17, 15) is 13.2 Å². The fraction of sp³-hybridized carbons (Fsp3) is 0.231. The fourth-order valence-corrected chi connectivity index (χ4v) is 1.47. The Hall–Kier alpha value is -2.51. The lowest BCUT2D eigenvalue weighted by atomic mass is 10.3. The third kappa shape index (κ3) is 4.23. The Morgan fingerprint density at radius 3 is 2.29 bits per heavy atom. The molecule has 0 saturated heterocycles. The van der Waals surface area contributed by atoms with Crippen LogP contribution in [0.2, 0.25) is 0 Å². The van der Waals surface area contributed by atoms with Crippen LogP contribution < -0.4 is 14.8 Å². The maximum Gasteiger partial charge on any atom is 0.573 e. The van der Waals surface area contributed by atoms with Crippen molar-refractivity contribution >= 4 is 5.95 Å². The highest BCUT2D eigenvalue weighted by molar-refractivity contribution is 5.37. The minimum absolute atomic E-state index is 0.315. The Balaban J connectivity index is 2.13. The standard InChI is InChI=1S/C13H12F3N3O2/c1-8-7-18-12(17-2)19-11(8)20-9-3-5-10(6-4-9)21-13(14,15)16/h3-7H,1-2H3,(H,17,18,19). The van der Waals surface area contributed by atoms with Crippen LogP contribution in [-0.2, 0) is 0 Å². The normalized spacial score (nSPS) is 11.1. The second kappa shape index (κ2) is 5.86. The van der Waals surface area contributed by atoms with Gasteiger partial charge in [-0.15, -0.1) is 13.2 Å². The molecule has 112 valence electrons. The third-order valence-corrected chi connectivity index (χ3v) is 2.42. The first kappa shape index (κ1) is 14.9. The average Bonchev–Trinajstić information content (AvgIpc) is 2.42. The van der Waals surface area contributed by atoms with Crippen molar-refractivity contribution in [2.24, 2.45) is 0 Å². The van der Waals surface area contributed by atoms with Crippen LogP contribution in [0.15, 0.2) is 30.5 Å². The van der Waals surface area contributed by atoms with Gasteiger partial charge < -0.3 is 14.8 Å². The average molecular weight is 299 g/mol. The zero-order valence-electron chi connectivity index (χ0n) is 11.2. The molecule has 2 rings (SSSR count). The number of anilines is 1. The molecule has 1 heterocycles. The summed E-state index contributed by atoms with van der Waals surface area (Å²) in [6.45, 7) is 1.76. The van der Waals surface area contributed by atoms with Crippen LogP contribution in [-0.4, -0.2) is 23.4 Å². The predicted octanol–water partition coefficient (Wildman–Crippen LogP) is 3.52. The second-order valence-corrected chi connectivity index (χ2v) is 4.05. The summed E-state index contributed by atoms with van der Waals surface area (Å²) in [5, 5.41) is 2.77. The zero-order chi connectivity index (χ0) is 15.5. The van der Waals surface area contributed by atoms with Crippen LogP contribution in [0.5, 0.6) is 17.4 Å². The summed E-state index contributed by atoms with van der Waals surface area (Å²) >= 11 is 0. The molecule has 0 saturated carbocycles.